The van der Waals surface area contributed by atoms with Crippen LogP contribution in [0, 0.1) is 12.7 Å². The van der Waals surface area contributed by atoms with E-state index in [1.54, 1.807) is 31.2 Å². The Morgan fingerprint density at radius 3 is 2.62 bits per heavy atom. The molecule has 4 rings (SSSR count). The number of furan rings is 1. The minimum absolute atomic E-state index is 0.0452. The van der Waals surface area contributed by atoms with E-state index in [0.717, 1.165) is 6.07 Å². The monoisotopic (exact) mass is 392 g/mol. The summed E-state index contributed by atoms with van der Waals surface area (Å²) in [6, 6.07) is 10.0. The topological polar surface area (TPSA) is 83.6 Å². The Morgan fingerprint density at radius 2 is 1.97 bits per heavy atom. The van der Waals surface area contributed by atoms with Crippen molar-refractivity contribution in [2.24, 2.45) is 0 Å². The first-order chi connectivity index (χ1) is 14.0. The lowest BCUT2D eigenvalue weighted by molar-refractivity contribution is -0.140. The zero-order valence-corrected chi connectivity index (χ0v) is 15.5. The molecule has 29 heavy (non-hydrogen) atoms. The molecule has 2 aromatic heterocycles. The third-order valence-corrected chi connectivity index (χ3v) is 4.91. The van der Waals surface area contributed by atoms with Gasteiger partial charge in [-0.2, -0.15) is 0 Å². The van der Waals surface area contributed by atoms with Gasteiger partial charge in [-0.05, 0) is 48.4 Å². The van der Waals surface area contributed by atoms with Gasteiger partial charge in [0.15, 0.2) is 0 Å². The van der Waals surface area contributed by atoms with E-state index >= 15 is 0 Å². The first-order valence-corrected chi connectivity index (χ1v) is 8.94. The van der Waals surface area contributed by atoms with Crippen LogP contribution < -0.4 is 0 Å². The molecule has 1 N–H and O–H groups in total. The molecule has 3 aromatic rings. The third-order valence-electron chi connectivity index (χ3n) is 4.91. The van der Waals surface area contributed by atoms with E-state index < -0.39 is 29.3 Å². The lowest BCUT2D eigenvalue weighted by Gasteiger charge is -2.24. The van der Waals surface area contributed by atoms with Gasteiger partial charge in [-0.1, -0.05) is 12.1 Å². The van der Waals surface area contributed by atoms with Crippen LogP contribution in [0.15, 0.2) is 71.1 Å². The van der Waals surface area contributed by atoms with Gasteiger partial charge in [-0.15, -0.1) is 0 Å². The van der Waals surface area contributed by atoms with Gasteiger partial charge in [0.2, 0.25) is 0 Å². The Kier molecular flexibility index (Phi) is 4.72. The Labute approximate surface area is 165 Å². The predicted molar refractivity (Wildman–Crippen MR) is 102 cm³/mol. The van der Waals surface area contributed by atoms with Gasteiger partial charge in [0.1, 0.15) is 17.3 Å². The van der Waals surface area contributed by atoms with Crippen LogP contribution >= 0.6 is 0 Å². The fourth-order valence-electron chi connectivity index (χ4n) is 3.40. The molecule has 1 saturated heterocycles. The van der Waals surface area contributed by atoms with Crippen molar-refractivity contribution in [1.29, 1.82) is 0 Å². The average Bonchev–Trinajstić information content (AvgIpc) is 3.32. The number of aliphatic hydroxyl groups excluding tert-OH is 1. The van der Waals surface area contributed by atoms with Gasteiger partial charge < -0.3 is 14.4 Å². The van der Waals surface area contributed by atoms with Gasteiger partial charge >= 0.3 is 0 Å². The lowest BCUT2D eigenvalue weighted by Crippen LogP contribution is -2.29. The number of aryl methyl sites for hydroxylation is 1. The molecule has 1 atom stereocenters. The van der Waals surface area contributed by atoms with Crippen molar-refractivity contribution in [3.05, 3.63) is 95.0 Å². The SMILES string of the molecule is Cc1ccc(/C(O)=C2\C(=O)C(=O)N(Cc3ccco3)C2c2ccncc2)cc1F. The number of carbonyl (C=O) groups is 2. The van der Waals surface area contributed by atoms with Crippen molar-refractivity contribution < 1.29 is 23.5 Å². The van der Waals surface area contributed by atoms with Gasteiger partial charge in [0.05, 0.1) is 24.4 Å². The molecule has 146 valence electrons. The zero-order chi connectivity index (χ0) is 20.5. The number of amides is 1. The quantitative estimate of drug-likeness (QED) is 0.415. The Bertz CT molecular complexity index is 1110. The van der Waals surface area contributed by atoms with Crippen molar-refractivity contribution in [1.82, 2.24) is 9.88 Å². The summed E-state index contributed by atoms with van der Waals surface area (Å²) in [5, 5.41) is 10.9. The summed E-state index contributed by atoms with van der Waals surface area (Å²) in [6.07, 6.45) is 4.55. The van der Waals surface area contributed by atoms with E-state index in [0.29, 0.717) is 16.9 Å². The third kappa shape index (κ3) is 3.31. The van der Waals surface area contributed by atoms with Crippen LogP contribution in [-0.2, 0) is 16.1 Å². The average molecular weight is 392 g/mol. The van der Waals surface area contributed by atoms with E-state index in [-0.39, 0.29) is 17.7 Å². The summed E-state index contributed by atoms with van der Waals surface area (Å²) < 4.78 is 19.4. The van der Waals surface area contributed by atoms with Gasteiger partial charge in [0.25, 0.3) is 11.7 Å². The number of likely N-dealkylation sites (tertiary alicyclic amines) is 1. The summed E-state index contributed by atoms with van der Waals surface area (Å²) >= 11 is 0. The van der Waals surface area contributed by atoms with Gasteiger partial charge in [0, 0.05) is 18.0 Å². The highest BCUT2D eigenvalue weighted by atomic mass is 19.1. The van der Waals surface area contributed by atoms with Crippen molar-refractivity contribution in [2.75, 3.05) is 0 Å². The van der Waals surface area contributed by atoms with E-state index in [1.165, 1.54) is 35.7 Å². The molecule has 3 heterocycles. The summed E-state index contributed by atoms with van der Waals surface area (Å²) in [4.78, 5) is 30.9. The molecular formula is C22H17FN2O4. The minimum Gasteiger partial charge on any atom is -0.507 e. The Balaban J connectivity index is 1.87. The number of ketones is 1. The van der Waals surface area contributed by atoms with Crippen LogP contribution in [0.1, 0.15) is 28.5 Å². The number of Topliss-reactive ketones (excluding diaryl/α,β-unsaturated/α-hetero) is 1. The number of pyridine rings is 1. The molecular weight excluding hydrogens is 375 g/mol. The van der Waals surface area contributed by atoms with Crippen molar-refractivity contribution in [3.63, 3.8) is 0 Å². The fraction of sp³-hybridized carbons (Fsp3) is 0.136. The molecule has 0 saturated carbocycles. The van der Waals surface area contributed by atoms with E-state index in [2.05, 4.69) is 4.98 Å². The molecule has 6 nitrogen and oxygen atoms in total. The molecule has 1 aromatic carbocycles. The number of halogens is 1. The zero-order valence-electron chi connectivity index (χ0n) is 15.5. The molecule has 1 amide bonds. The molecule has 1 unspecified atom stereocenters. The Hall–Kier alpha value is -3.74. The Morgan fingerprint density at radius 1 is 1.21 bits per heavy atom. The molecule has 0 radical (unpaired) electrons. The first kappa shape index (κ1) is 18.6. The van der Waals surface area contributed by atoms with E-state index in [4.69, 9.17) is 4.42 Å². The number of rotatable bonds is 4. The maximum absolute atomic E-state index is 14.0. The molecule has 7 heteroatoms. The summed E-state index contributed by atoms with van der Waals surface area (Å²) in [7, 11) is 0. The number of benzene rings is 1. The molecule has 1 aliphatic heterocycles. The van der Waals surface area contributed by atoms with E-state index in [1.807, 2.05) is 0 Å². The highest BCUT2D eigenvalue weighted by Crippen LogP contribution is 2.40. The maximum atomic E-state index is 14.0. The summed E-state index contributed by atoms with van der Waals surface area (Å²) in [6.45, 7) is 1.64. The predicted octanol–water partition coefficient (Wildman–Crippen LogP) is 3.74. The lowest BCUT2D eigenvalue weighted by atomic mass is 9.95. The van der Waals surface area contributed by atoms with Crippen molar-refractivity contribution >= 4 is 17.4 Å². The maximum Gasteiger partial charge on any atom is 0.296 e. The van der Waals surface area contributed by atoms with Crippen LogP contribution in [0.5, 0.6) is 0 Å². The fourth-order valence-corrected chi connectivity index (χ4v) is 3.40. The number of carbonyl (C=O) groups excluding carboxylic acids is 2. The second-order valence-corrected chi connectivity index (χ2v) is 6.75. The minimum atomic E-state index is -0.854. The van der Waals surface area contributed by atoms with E-state index in [9.17, 15) is 19.1 Å². The van der Waals surface area contributed by atoms with Crippen molar-refractivity contribution in [2.45, 2.75) is 19.5 Å². The molecule has 0 aliphatic carbocycles. The summed E-state index contributed by atoms with van der Waals surface area (Å²) in [5.41, 5.74) is 1.03. The number of hydrogen-bond acceptors (Lipinski definition) is 5. The highest BCUT2D eigenvalue weighted by Gasteiger charge is 2.46. The van der Waals surface area contributed by atoms with Crippen LogP contribution in [0.25, 0.3) is 5.76 Å². The highest BCUT2D eigenvalue weighted by molar-refractivity contribution is 6.46. The van der Waals surface area contributed by atoms with Crippen LogP contribution in [0.2, 0.25) is 0 Å². The van der Waals surface area contributed by atoms with Crippen molar-refractivity contribution in [3.8, 4) is 0 Å². The number of hydrogen-bond donors (Lipinski definition) is 1. The number of aromatic nitrogens is 1. The smallest absolute Gasteiger partial charge is 0.296 e. The normalized spacial score (nSPS) is 18.4. The number of nitrogens with zero attached hydrogens (tertiary/aromatic N) is 2. The van der Waals surface area contributed by atoms with Crippen LogP contribution in [0.4, 0.5) is 4.39 Å². The summed E-state index contributed by atoms with van der Waals surface area (Å²) in [5.74, 6) is -2.05. The van der Waals surface area contributed by atoms with Gasteiger partial charge in [-0.25, -0.2) is 4.39 Å². The molecule has 0 spiro atoms. The molecule has 1 fully saturated rings. The second-order valence-electron chi connectivity index (χ2n) is 6.75. The number of aliphatic hydroxyl groups is 1. The standard InChI is InChI=1S/C22H17FN2O4/c1-13-4-5-15(11-17(13)23)20(26)18-19(14-6-8-24-9-7-14)25(22(28)21(18)27)12-16-3-2-10-29-16/h2-11,19,26H,12H2,1H3/b20-18+. The molecule has 0 bridgehead atoms. The molecule has 1 aliphatic rings. The largest absolute Gasteiger partial charge is 0.507 e. The van der Waals surface area contributed by atoms with Gasteiger partial charge in [-0.3, -0.25) is 14.6 Å². The van der Waals surface area contributed by atoms with Crippen LogP contribution in [0.3, 0.4) is 0 Å². The second kappa shape index (κ2) is 7.35. The first-order valence-electron chi connectivity index (χ1n) is 8.94. The van der Waals surface area contributed by atoms with Crippen LogP contribution in [-0.4, -0.2) is 26.7 Å².